The molecule has 0 unspecified atom stereocenters. The summed E-state index contributed by atoms with van der Waals surface area (Å²) in [6.07, 6.45) is 0. The van der Waals surface area contributed by atoms with Crippen LogP contribution in [0.4, 0.5) is 14.7 Å². The van der Waals surface area contributed by atoms with E-state index in [9.17, 15) is 8.78 Å². The van der Waals surface area contributed by atoms with Crippen molar-refractivity contribution in [1.29, 1.82) is 0 Å². The molecule has 2 aromatic rings. The second kappa shape index (κ2) is 4.93. The molecule has 5 nitrogen and oxygen atoms in total. The van der Waals surface area contributed by atoms with Crippen molar-refractivity contribution in [3.05, 3.63) is 29.8 Å². The lowest BCUT2D eigenvalue weighted by atomic mass is 10.2. The smallest absolute Gasteiger partial charge is 0.245 e. The third-order valence-electron chi connectivity index (χ3n) is 3.06. The molecule has 19 heavy (non-hydrogen) atoms. The first-order valence-corrected chi connectivity index (χ1v) is 6.07. The minimum absolute atomic E-state index is 0.218. The first kappa shape index (κ1) is 12.0. The van der Waals surface area contributed by atoms with Gasteiger partial charge in [0.15, 0.2) is 5.82 Å². The van der Waals surface area contributed by atoms with Crippen molar-refractivity contribution in [2.75, 3.05) is 31.1 Å². The van der Waals surface area contributed by atoms with Gasteiger partial charge in [-0.05, 0) is 12.1 Å². The van der Waals surface area contributed by atoms with Crippen LogP contribution in [0.25, 0.3) is 11.4 Å². The zero-order valence-corrected chi connectivity index (χ0v) is 10.2. The van der Waals surface area contributed by atoms with Gasteiger partial charge in [0.1, 0.15) is 11.6 Å². The molecule has 1 aromatic heterocycles. The number of nitrogens with one attached hydrogen (secondary N) is 2. The van der Waals surface area contributed by atoms with E-state index in [1.54, 1.807) is 0 Å². The molecule has 1 aromatic carbocycles. The van der Waals surface area contributed by atoms with Gasteiger partial charge in [0, 0.05) is 32.2 Å². The average molecular weight is 265 g/mol. The van der Waals surface area contributed by atoms with Gasteiger partial charge in [0.05, 0.1) is 5.56 Å². The molecule has 0 spiro atoms. The number of hydrogen-bond acceptors (Lipinski definition) is 4. The number of aromatic amines is 1. The van der Waals surface area contributed by atoms with Gasteiger partial charge in [-0.25, -0.2) is 8.78 Å². The molecule has 1 aliphatic rings. The zero-order chi connectivity index (χ0) is 13.2. The number of piperazine rings is 1. The van der Waals surface area contributed by atoms with Crippen molar-refractivity contribution in [3.8, 4) is 11.4 Å². The van der Waals surface area contributed by atoms with Crippen molar-refractivity contribution in [2.24, 2.45) is 0 Å². The fourth-order valence-corrected chi connectivity index (χ4v) is 2.06. The molecule has 1 saturated heterocycles. The van der Waals surface area contributed by atoms with Gasteiger partial charge >= 0.3 is 0 Å². The molecule has 3 rings (SSSR count). The van der Waals surface area contributed by atoms with Crippen LogP contribution in [0, 0.1) is 11.6 Å². The Morgan fingerprint density at radius 2 is 1.95 bits per heavy atom. The van der Waals surface area contributed by atoms with Crippen molar-refractivity contribution in [2.45, 2.75) is 0 Å². The van der Waals surface area contributed by atoms with Crippen LogP contribution in [0.1, 0.15) is 0 Å². The normalized spacial score (nSPS) is 15.8. The number of aromatic nitrogens is 3. The van der Waals surface area contributed by atoms with Crippen molar-refractivity contribution in [3.63, 3.8) is 0 Å². The first-order chi connectivity index (χ1) is 9.24. The summed E-state index contributed by atoms with van der Waals surface area (Å²) in [7, 11) is 0. The van der Waals surface area contributed by atoms with Crippen LogP contribution in [0.15, 0.2) is 18.2 Å². The topological polar surface area (TPSA) is 56.8 Å². The molecule has 7 heteroatoms. The second-order valence-electron chi connectivity index (χ2n) is 4.35. The van der Waals surface area contributed by atoms with E-state index in [0.29, 0.717) is 11.8 Å². The summed E-state index contributed by atoms with van der Waals surface area (Å²) >= 11 is 0. The third-order valence-corrected chi connectivity index (χ3v) is 3.06. The molecule has 0 aliphatic carbocycles. The van der Waals surface area contributed by atoms with E-state index in [4.69, 9.17) is 0 Å². The standard InChI is InChI=1S/C12H13F2N5/c13-8-1-2-9(10(14)7-8)11-16-12(18-17-11)19-5-3-15-4-6-19/h1-2,7,15H,3-6H2,(H,16,17,18). The number of hydrogen-bond donors (Lipinski definition) is 2. The lowest BCUT2D eigenvalue weighted by Gasteiger charge is -2.25. The van der Waals surface area contributed by atoms with E-state index in [-0.39, 0.29) is 5.56 Å². The number of nitrogens with zero attached hydrogens (tertiary/aromatic N) is 3. The SMILES string of the molecule is Fc1ccc(-c2nc(N3CCNCC3)n[nH]2)c(F)c1. The summed E-state index contributed by atoms with van der Waals surface area (Å²) in [5.41, 5.74) is 0.218. The lowest BCUT2D eigenvalue weighted by molar-refractivity contribution is 0.580. The summed E-state index contributed by atoms with van der Waals surface area (Å²) in [6, 6.07) is 3.39. The van der Waals surface area contributed by atoms with Gasteiger partial charge in [-0.15, -0.1) is 5.10 Å². The van der Waals surface area contributed by atoms with Crippen LogP contribution in [-0.2, 0) is 0 Å². The number of benzene rings is 1. The predicted octanol–water partition coefficient (Wildman–Crippen LogP) is 1.16. The molecule has 1 aliphatic heterocycles. The molecule has 2 N–H and O–H groups in total. The Balaban J connectivity index is 1.87. The molecular formula is C12H13F2N5. The molecule has 2 heterocycles. The molecular weight excluding hydrogens is 252 g/mol. The highest BCUT2D eigenvalue weighted by molar-refractivity contribution is 5.57. The highest BCUT2D eigenvalue weighted by atomic mass is 19.1. The predicted molar refractivity (Wildman–Crippen MR) is 66.8 cm³/mol. The van der Waals surface area contributed by atoms with E-state index in [1.807, 2.05) is 4.90 Å². The quantitative estimate of drug-likeness (QED) is 0.855. The highest BCUT2D eigenvalue weighted by Crippen LogP contribution is 2.21. The zero-order valence-electron chi connectivity index (χ0n) is 10.2. The number of anilines is 1. The number of rotatable bonds is 2. The summed E-state index contributed by atoms with van der Waals surface area (Å²) in [4.78, 5) is 6.28. The third kappa shape index (κ3) is 2.41. The number of H-pyrrole nitrogens is 1. The second-order valence-corrected chi connectivity index (χ2v) is 4.35. The Kier molecular flexibility index (Phi) is 3.12. The number of halogens is 2. The fourth-order valence-electron chi connectivity index (χ4n) is 2.06. The molecule has 100 valence electrons. The molecule has 0 amide bonds. The Bertz CT molecular complexity index is 577. The van der Waals surface area contributed by atoms with E-state index in [2.05, 4.69) is 20.5 Å². The van der Waals surface area contributed by atoms with Crippen LogP contribution in [0.5, 0.6) is 0 Å². The van der Waals surface area contributed by atoms with Crippen LogP contribution in [0.3, 0.4) is 0 Å². The molecule has 0 atom stereocenters. The molecule has 0 bridgehead atoms. The first-order valence-electron chi connectivity index (χ1n) is 6.07. The Morgan fingerprint density at radius 3 is 2.68 bits per heavy atom. The maximum absolute atomic E-state index is 13.6. The Labute approximate surface area is 108 Å². The maximum atomic E-state index is 13.6. The summed E-state index contributed by atoms with van der Waals surface area (Å²) in [5.74, 6) is -0.405. The van der Waals surface area contributed by atoms with E-state index < -0.39 is 11.6 Å². The highest BCUT2D eigenvalue weighted by Gasteiger charge is 2.17. The minimum atomic E-state index is -0.650. The van der Waals surface area contributed by atoms with Crippen molar-refractivity contribution >= 4 is 5.95 Å². The maximum Gasteiger partial charge on any atom is 0.245 e. The van der Waals surface area contributed by atoms with Gasteiger partial charge < -0.3 is 10.2 Å². The summed E-state index contributed by atoms with van der Waals surface area (Å²) in [6.45, 7) is 3.36. The largest absolute Gasteiger partial charge is 0.337 e. The lowest BCUT2D eigenvalue weighted by Crippen LogP contribution is -2.44. The van der Waals surface area contributed by atoms with E-state index >= 15 is 0 Å². The Morgan fingerprint density at radius 1 is 1.16 bits per heavy atom. The average Bonchev–Trinajstić information content (AvgIpc) is 2.89. The van der Waals surface area contributed by atoms with Crippen LogP contribution < -0.4 is 10.2 Å². The van der Waals surface area contributed by atoms with Crippen LogP contribution in [-0.4, -0.2) is 41.4 Å². The summed E-state index contributed by atoms with van der Waals surface area (Å²) in [5, 5.41) is 10.0. The van der Waals surface area contributed by atoms with Crippen molar-refractivity contribution in [1.82, 2.24) is 20.5 Å². The van der Waals surface area contributed by atoms with Gasteiger partial charge in [-0.2, -0.15) is 4.98 Å². The van der Waals surface area contributed by atoms with Gasteiger partial charge in [-0.1, -0.05) is 0 Å². The van der Waals surface area contributed by atoms with E-state index in [1.165, 1.54) is 12.1 Å². The monoisotopic (exact) mass is 265 g/mol. The van der Waals surface area contributed by atoms with Gasteiger partial charge in [0.25, 0.3) is 0 Å². The van der Waals surface area contributed by atoms with Crippen LogP contribution in [0.2, 0.25) is 0 Å². The van der Waals surface area contributed by atoms with E-state index in [0.717, 1.165) is 32.2 Å². The van der Waals surface area contributed by atoms with Gasteiger partial charge in [0.2, 0.25) is 5.95 Å². The fraction of sp³-hybridized carbons (Fsp3) is 0.333. The molecule has 0 saturated carbocycles. The van der Waals surface area contributed by atoms with Crippen molar-refractivity contribution < 1.29 is 8.78 Å². The molecule has 0 radical (unpaired) electrons. The minimum Gasteiger partial charge on any atom is -0.337 e. The Hall–Kier alpha value is -2.02. The molecule has 1 fully saturated rings. The van der Waals surface area contributed by atoms with Crippen LogP contribution >= 0.6 is 0 Å². The summed E-state index contributed by atoms with van der Waals surface area (Å²) < 4.78 is 26.5. The van der Waals surface area contributed by atoms with Gasteiger partial charge in [-0.3, -0.25) is 5.10 Å².